The summed E-state index contributed by atoms with van der Waals surface area (Å²) in [6.07, 6.45) is 4.23. The number of amides is 2. The van der Waals surface area contributed by atoms with Gasteiger partial charge in [0.15, 0.2) is 0 Å². The van der Waals surface area contributed by atoms with Gasteiger partial charge in [0.2, 0.25) is 5.91 Å². The molecule has 0 aromatic heterocycles. The third kappa shape index (κ3) is 7.40. The summed E-state index contributed by atoms with van der Waals surface area (Å²) in [5.41, 5.74) is -0.0320. The van der Waals surface area contributed by atoms with Crippen molar-refractivity contribution in [3.8, 4) is 11.5 Å². The van der Waals surface area contributed by atoms with Crippen LogP contribution in [-0.4, -0.2) is 61.9 Å². The van der Waals surface area contributed by atoms with Crippen LogP contribution in [0.1, 0.15) is 45.6 Å². The first-order valence-corrected chi connectivity index (χ1v) is 10.8. The van der Waals surface area contributed by atoms with E-state index in [1.54, 1.807) is 46.1 Å². The van der Waals surface area contributed by atoms with Crippen molar-refractivity contribution >= 4 is 18.0 Å². The maximum Gasteiger partial charge on any atom is 0.408 e. The lowest BCUT2D eigenvalue weighted by Crippen LogP contribution is -2.54. The quantitative estimate of drug-likeness (QED) is 0.511. The van der Waals surface area contributed by atoms with Gasteiger partial charge in [-0.1, -0.05) is 12.2 Å². The third-order valence-corrected chi connectivity index (χ3v) is 5.10. The number of nitrogens with zero attached hydrogens (tertiary/aromatic N) is 1. The van der Waals surface area contributed by atoms with Crippen LogP contribution in [-0.2, 0) is 25.6 Å². The molecule has 2 amide bonds. The molecule has 1 aliphatic heterocycles. The van der Waals surface area contributed by atoms with Gasteiger partial charge in [-0.3, -0.25) is 4.79 Å². The van der Waals surface area contributed by atoms with Crippen molar-refractivity contribution in [1.82, 2.24) is 10.2 Å². The van der Waals surface area contributed by atoms with Crippen LogP contribution in [0.3, 0.4) is 0 Å². The van der Waals surface area contributed by atoms with Crippen LogP contribution >= 0.6 is 0 Å². The molecule has 2 atom stereocenters. The molecule has 0 saturated heterocycles. The molecule has 182 valence electrons. The van der Waals surface area contributed by atoms with Crippen LogP contribution in [0.25, 0.3) is 0 Å². The van der Waals surface area contributed by atoms with Crippen molar-refractivity contribution in [2.45, 2.75) is 64.3 Å². The summed E-state index contributed by atoms with van der Waals surface area (Å²) in [7, 11) is 4.36. The molecular weight excluding hydrogens is 428 g/mol. The Labute approximate surface area is 195 Å². The molecule has 0 radical (unpaired) electrons. The average molecular weight is 463 g/mol. The molecule has 1 N–H and O–H groups in total. The molecule has 2 rings (SSSR count). The molecule has 1 aromatic rings. The molecule has 0 saturated carbocycles. The highest BCUT2D eigenvalue weighted by molar-refractivity contribution is 5.90. The SMILES string of the molecule is COC(=O)[C@@H]1CC/C=C\C[C@H](NC(=O)OC(C)(C)C)C(=O)N1Cc1ccc(OC)cc1OC. The molecule has 0 aliphatic carbocycles. The van der Waals surface area contributed by atoms with E-state index in [0.29, 0.717) is 29.9 Å². The minimum Gasteiger partial charge on any atom is -0.497 e. The maximum absolute atomic E-state index is 13.7. The number of hydrogen-bond donors (Lipinski definition) is 1. The van der Waals surface area contributed by atoms with Gasteiger partial charge in [-0.25, -0.2) is 9.59 Å². The van der Waals surface area contributed by atoms with E-state index in [1.165, 1.54) is 19.1 Å². The molecule has 1 aliphatic rings. The van der Waals surface area contributed by atoms with Gasteiger partial charge in [-0.2, -0.15) is 0 Å². The van der Waals surface area contributed by atoms with Crippen LogP contribution in [0.2, 0.25) is 0 Å². The summed E-state index contributed by atoms with van der Waals surface area (Å²) in [6, 6.07) is 3.50. The number of benzene rings is 1. The second-order valence-electron chi connectivity index (χ2n) is 8.67. The van der Waals surface area contributed by atoms with Gasteiger partial charge in [0.05, 0.1) is 27.9 Å². The fraction of sp³-hybridized carbons (Fsp3) is 0.542. The highest BCUT2D eigenvalue weighted by Gasteiger charge is 2.36. The predicted octanol–water partition coefficient (Wildman–Crippen LogP) is 3.21. The second kappa shape index (κ2) is 11.6. The molecule has 0 bridgehead atoms. The van der Waals surface area contributed by atoms with Crippen molar-refractivity contribution in [2.24, 2.45) is 0 Å². The zero-order chi connectivity index (χ0) is 24.6. The Morgan fingerprint density at radius 2 is 1.85 bits per heavy atom. The summed E-state index contributed by atoms with van der Waals surface area (Å²) in [4.78, 5) is 40.2. The van der Waals surface area contributed by atoms with Gasteiger partial charge in [0.1, 0.15) is 29.2 Å². The fourth-order valence-electron chi connectivity index (χ4n) is 3.52. The molecular formula is C24H34N2O7. The van der Waals surface area contributed by atoms with Crippen molar-refractivity contribution in [3.63, 3.8) is 0 Å². The Morgan fingerprint density at radius 3 is 2.45 bits per heavy atom. The Kier molecular flexibility index (Phi) is 9.13. The highest BCUT2D eigenvalue weighted by Crippen LogP contribution is 2.28. The van der Waals surface area contributed by atoms with Gasteiger partial charge < -0.3 is 29.2 Å². The first kappa shape index (κ1) is 26.0. The number of ether oxygens (including phenoxy) is 4. The van der Waals surface area contributed by atoms with Crippen molar-refractivity contribution in [1.29, 1.82) is 0 Å². The van der Waals surface area contributed by atoms with E-state index in [9.17, 15) is 14.4 Å². The lowest BCUT2D eigenvalue weighted by atomic mass is 10.1. The van der Waals surface area contributed by atoms with E-state index in [2.05, 4.69) is 5.32 Å². The third-order valence-electron chi connectivity index (χ3n) is 5.10. The van der Waals surface area contributed by atoms with Crippen LogP contribution in [0, 0.1) is 0 Å². The monoisotopic (exact) mass is 462 g/mol. The minimum absolute atomic E-state index is 0.0816. The van der Waals surface area contributed by atoms with Crippen LogP contribution < -0.4 is 14.8 Å². The lowest BCUT2D eigenvalue weighted by molar-refractivity contribution is -0.154. The molecule has 0 fully saturated rings. The smallest absolute Gasteiger partial charge is 0.408 e. The summed E-state index contributed by atoms with van der Waals surface area (Å²) in [5.74, 6) is 0.174. The summed E-state index contributed by atoms with van der Waals surface area (Å²) < 4.78 is 21.1. The Hall–Kier alpha value is -3.23. The fourth-order valence-corrected chi connectivity index (χ4v) is 3.52. The molecule has 1 heterocycles. The van der Waals surface area contributed by atoms with Gasteiger partial charge in [-0.05, 0) is 52.2 Å². The average Bonchev–Trinajstić information content (AvgIpc) is 2.83. The first-order valence-electron chi connectivity index (χ1n) is 10.8. The van der Waals surface area contributed by atoms with Gasteiger partial charge in [0, 0.05) is 11.6 Å². The zero-order valence-corrected chi connectivity index (χ0v) is 20.2. The lowest BCUT2D eigenvalue weighted by Gasteiger charge is -2.33. The van der Waals surface area contributed by atoms with E-state index in [-0.39, 0.29) is 13.0 Å². The zero-order valence-electron chi connectivity index (χ0n) is 20.2. The summed E-state index contributed by atoms with van der Waals surface area (Å²) in [6.45, 7) is 5.31. The van der Waals surface area contributed by atoms with Gasteiger partial charge in [0.25, 0.3) is 0 Å². The Morgan fingerprint density at radius 1 is 1.12 bits per heavy atom. The topological polar surface area (TPSA) is 103 Å². The number of carbonyl (C=O) groups excluding carboxylic acids is 3. The number of carbonyl (C=O) groups is 3. The maximum atomic E-state index is 13.7. The number of allylic oxidation sites excluding steroid dienone is 1. The van der Waals surface area contributed by atoms with Gasteiger partial charge in [-0.15, -0.1) is 0 Å². The van der Waals surface area contributed by atoms with Crippen molar-refractivity contribution in [2.75, 3.05) is 21.3 Å². The Balaban J connectivity index is 2.42. The van der Waals surface area contributed by atoms with E-state index in [4.69, 9.17) is 18.9 Å². The normalized spacial score (nSPS) is 20.1. The first-order chi connectivity index (χ1) is 15.6. The van der Waals surface area contributed by atoms with Crippen LogP contribution in [0.5, 0.6) is 11.5 Å². The van der Waals surface area contributed by atoms with Crippen molar-refractivity contribution < 1.29 is 33.3 Å². The number of rotatable bonds is 6. The summed E-state index contributed by atoms with van der Waals surface area (Å²) >= 11 is 0. The van der Waals surface area contributed by atoms with E-state index < -0.39 is 35.7 Å². The van der Waals surface area contributed by atoms with Crippen LogP contribution in [0.4, 0.5) is 4.79 Å². The molecule has 9 nitrogen and oxygen atoms in total. The van der Waals surface area contributed by atoms with Crippen LogP contribution in [0.15, 0.2) is 30.4 Å². The largest absolute Gasteiger partial charge is 0.497 e. The predicted molar refractivity (Wildman–Crippen MR) is 122 cm³/mol. The second-order valence-corrected chi connectivity index (χ2v) is 8.67. The van der Waals surface area contributed by atoms with Crippen molar-refractivity contribution in [3.05, 3.63) is 35.9 Å². The standard InChI is InChI=1S/C24H34N2O7/c1-24(2,3)33-23(29)25-18-10-8-7-9-11-19(22(28)32-6)26(21(18)27)15-16-12-13-17(30-4)14-20(16)31-5/h7-8,12-14,18-19H,9-11,15H2,1-6H3,(H,25,29)/b8-7-/t18-,19-/m0/s1. The molecule has 0 unspecified atom stereocenters. The summed E-state index contributed by atoms with van der Waals surface area (Å²) in [5, 5.41) is 2.65. The number of methoxy groups -OCH3 is 3. The molecule has 0 spiro atoms. The highest BCUT2D eigenvalue weighted by atomic mass is 16.6. The minimum atomic E-state index is -0.911. The molecule has 33 heavy (non-hydrogen) atoms. The van der Waals surface area contributed by atoms with E-state index >= 15 is 0 Å². The number of nitrogens with one attached hydrogen (secondary N) is 1. The number of esters is 1. The molecule has 1 aromatic carbocycles. The number of hydrogen-bond acceptors (Lipinski definition) is 7. The molecule has 9 heteroatoms. The van der Waals surface area contributed by atoms with E-state index in [1.807, 2.05) is 12.2 Å². The Bertz CT molecular complexity index is 876. The van der Waals surface area contributed by atoms with E-state index in [0.717, 1.165) is 0 Å². The number of alkyl carbamates (subject to hydrolysis) is 1. The van der Waals surface area contributed by atoms with Gasteiger partial charge >= 0.3 is 12.1 Å².